The highest BCUT2D eigenvalue weighted by Gasteiger charge is 2.29. The molecule has 218 valence electrons. The Balaban J connectivity index is 1.34. The van der Waals surface area contributed by atoms with E-state index in [0.717, 1.165) is 16.6 Å². The third-order valence-corrected chi connectivity index (χ3v) is 8.13. The lowest BCUT2D eigenvalue weighted by Crippen LogP contribution is -2.49. The summed E-state index contributed by atoms with van der Waals surface area (Å²) in [5.74, 6) is -1.38. The van der Waals surface area contributed by atoms with Crippen LogP contribution < -0.4 is 4.90 Å². The Kier molecular flexibility index (Phi) is 7.87. The molecule has 9 heteroatoms. The van der Waals surface area contributed by atoms with E-state index < -0.39 is 16.7 Å². The molecule has 4 aromatic carbocycles. The molecule has 1 aromatic heterocycles. The van der Waals surface area contributed by atoms with Crippen molar-refractivity contribution in [3.8, 4) is 0 Å². The Labute approximate surface area is 247 Å². The van der Waals surface area contributed by atoms with Gasteiger partial charge < -0.3 is 14.4 Å². The molecule has 43 heavy (non-hydrogen) atoms. The number of nitro groups is 1. The second-order valence-electron chi connectivity index (χ2n) is 10.8. The van der Waals surface area contributed by atoms with Crippen LogP contribution in [0.5, 0.6) is 0 Å². The van der Waals surface area contributed by atoms with Crippen molar-refractivity contribution in [2.45, 2.75) is 18.9 Å². The predicted molar refractivity (Wildman–Crippen MR) is 162 cm³/mol. The number of hydrogen-bond acceptors (Lipinski definition) is 4. The van der Waals surface area contributed by atoms with Crippen molar-refractivity contribution in [3.63, 3.8) is 0 Å². The van der Waals surface area contributed by atoms with Crippen LogP contribution in [0, 0.1) is 21.7 Å². The molecule has 1 saturated heterocycles. The topological polar surface area (TPSA) is 71.6 Å². The second-order valence-corrected chi connectivity index (χ2v) is 10.8. The smallest absolute Gasteiger partial charge is 0.270 e. The minimum absolute atomic E-state index is 0.0519. The molecule has 1 atom stereocenters. The van der Waals surface area contributed by atoms with E-state index in [4.69, 9.17) is 0 Å². The predicted octanol–water partition coefficient (Wildman–Crippen LogP) is 6.75. The van der Waals surface area contributed by atoms with Gasteiger partial charge in [-0.3, -0.25) is 14.9 Å². The first-order valence-electron chi connectivity index (χ1n) is 14.2. The van der Waals surface area contributed by atoms with Crippen molar-refractivity contribution < 1.29 is 18.5 Å². The number of nitro benzene ring substituents is 1. The number of halogens is 2. The Bertz CT molecular complexity index is 1780. The number of amides is 1. The lowest BCUT2D eigenvalue weighted by Gasteiger charge is -2.36. The number of hydrogen-bond donors (Lipinski definition) is 0. The second kappa shape index (κ2) is 12.1. The van der Waals surface area contributed by atoms with E-state index in [-0.39, 0.29) is 23.8 Å². The van der Waals surface area contributed by atoms with Gasteiger partial charge in [-0.2, -0.15) is 0 Å². The lowest BCUT2D eigenvalue weighted by molar-refractivity contribution is -0.384. The monoisotopic (exact) mass is 580 g/mol. The molecular weight excluding hydrogens is 550 g/mol. The minimum Gasteiger partial charge on any atom is -0.366 e. The highest BCUT2D eigenvalue weighted by molar-refractivity contribution is 5.88. The van der Waals surface area contributed by atoms with Crippen LogP contribution >= 0.6 is 0 Å². The van der Waals surface area contributed by atoms with Gasteiger partial charge in [-0.15, -0.1) is 0 Å². The number of non-ortho nitro benzene ring substituents is 1. The van der Waals surface area contributed by atoms with E-state index in [1.54, 1.807) is 41.3 Å². The van der Waals surface area contributed by atoms with Crippen molar-refractivity contribution in [2.24, 2.45) is 0 Å². The highest BCUT2D eigenvalue weighted by Crippen LogP contribution is 2.37. The van der Waals surface area contributed by atoms with Crippen molar-refractivity contribution in [3.05, 3.63) is 142 Å². The fraction of sp³-hybridized carbons (Fsp3) is 0.206. The molecule has 0 N–H and O–H groups in total. The van der Waals surface area contributed by atoms with Crippen LogP contribution in [0.2, 0.25) is 0 Å². The third kappa shape index (κ3) is 5.97. The van der Waals surface area contributed by atoms with E-state index in [0.29, 0.717) is 49.4 Å². The summed E-state index contributed by atoms with van der Waals surface area (Å²) in [5, 5.41) is 12.4. The fourth-order valence-electron chi connectivity index (χ4n) is 5.95. The quantitative estimate of drug-likeness (QED) is 0.150. The fourth-order valence-corrected chi connectivity index (χ4v) is 5.95. The van der Waals surface area contributed by atoms with Gasteiger partial charge in [0.05, 0.1) is 10.6 Å². The molecule has 0 spiro atoms. The lowest BCUT2D eigenvalue weighted by atomic mass is 9.87. The highest BCUT2D eigenvalue weighted by atomic mass is 19.1. The summed E-state index contributed by atoms with van der Waals surface area (Å²) < 4.78 is 30.9. The summed E-state index contributed by atoms with van der Waals surface area (Å²) in [6.45, 7) is 2.34. The summed E-state index contributed by atoms with van der Waals surface area (Å²) in [7, 11) is 0. The first-order valence-corrected chi connectivity index (χ1v) is 14.2. The zero-order valence-electron chi connectivity index (χ0n) is 23.4. The van der Waals surface area contributed by atoms with E-state index in [1.165, 1.54) is 30.3 Å². The zero-order valence-corrected chi connectivity index (χ0v) is 23.4. The number of rotatable bonds is 8. The van der Waals surface area contributed by atoms with Gasteiger partial charge in [0.2, 0.25) is 5.91 Å². The summed E-state index contributed by atoms with van der Waals surface area (Å²) >= 11 is 0. The standard InChI is InChI=1S/C34H30F2N4O3/c35-26-10-6-9-25(19-26)28(21-34(41)38-17-15-37(16-18-38)33-12-5-4-11-31(33)36)30-23-39(22-24-7-2-1-3-8-24)32-14-13-27(40(42)43)20-29(30)32/h1-14,19-20,23,28H,15-18,21-22H2/t28-/m0/s1. The van der Waals surface area contributed by atoms with Crippen LogP contribution in [0.15, 0.2) is 103 Å². The van der Waals surface area contributed by atoms with Crippen LogP contribution in [0.25, 0.3) is 10.9 Å². The number of benzene rings is 4. The van der Waals surface area contributed by atoms with Crippen molar-refractivity contribution in [2.75, 3.05) is 31.1 Å². The molecule has 0 radical (unpaired) electrons. The summed E-state index contributed by atoms with van der Waals surface area (Å²) in [6, 6.07) is 27.4. The molecule has 1 fully saturated rings. The first kappa shape index (κ1) is 28.1. The normalized spacial score (nSPS) is 14.2. The van der Waals surface area contributed by atoms with Crippen LogP contribution in [0.1, 0.15) is 29.0 Å². The molecule has 1 amide bonds. The first-order chi connectivity index (χ1) is 20.9. The number of piperazine rings is 1. The van der Waals surface area contributed by atoms with E-state index in [2.05, 4.69) is 0 Å². The van der Waals surface area contributed by atoms with Gasteiger partial charge >= 0.3 is 0 Å². The molecular formula is C34H30F2N4O3. The van der Waals surface area contributed by atoms with Crippen LogP contribution in [-0.2, 0) is 11.3 Å². The SMILES string of the molecule is O=C(C[C@@H](c1cccc(F)c1)c1cn(Cc2ccccc2)c2ccc([N+](=O)[O-])cc12)N1CCN(c2ccccc2F)CC1. The molecule has 7 nitrogen and oxygen atoms in total. The van der Waals surface area contributed by atoms with Gasteiger partial charge in [-0.1, -0.05) is 54.6 Å². The molecule has 0 aliphatic carbocycles. The van der Waals surface area contributed by atoms with Crippen LogP contribution in [0.4, 0.5) is 20.2 Å². The van der Waals surface area contributed by atoms with Gasteiger partial charge in [0.25, 0.3) is 5.69 Å². The van der Waals surface area contributed by atoms with Crippen LogP contribution in [0.3, 0.4) is 0 Å². The van der Waals surface area contributed by atoms with Crippen molar-refractivity contribution in [1.29, 1.82) is 0 Å². The molecule has 5 aromatic rings. The van der Waals surface area contributed by atoms with Crippen molar-refractivity contribution >= 4 is 28.2 Å². The maximum atomic E-state index is 14.5. The number of aromatic nitrogens is 1. The number of anilines is 1. The largest absolute Gasteiger partial charge is 0.366 e. The Hall–Kier alpha value is -5.05. The Morgan fingerprint density at radius 3 is 2.33 bits per heavy atom. The Morgan fingerprint density at radius 1 is 0.860 bits per heavy atom. The number of fused-ring (bicyclic) bond motifs is 1. The average Bonchev–Trinajstić information content (AvgIpc) is 3.37. The van der Waals surface area contributed by atoms with Gasteiger partial charge in [0, 0.05) is 74.3 Å². The number of carbonyl (C=O) groups is 1. The molecule has 0 bridgehead atoms. The zero-order chi connectivity index (χ0) is 29.9. The molecule has 0 saturated carbocycles. The average molecular weight is 581 g/mol. The van der Waals surface area contributed by atoms with E-state index in [9.17, 15) is 23.7 Å². The van der Waals surface area contributed by atoms with Gasteiger partial charge in [-0.25, -0.2) is 8.78 Å². The maximum Gasteiger partial charge on any atom is 0.270 e. The Morgan fingerprint density at radius 2 is 1.60 bits per heavy atom. The van der Waals surface area contributed by atoms with Crippen molar-refractivity contribution in [1.82, 2.24) is 9.47 Å². The minimum atomic E-state index is -0.547. The number of para-hydroxylation sites is 1. The number of carbonyl (C=O) groups excluding carboxylic acids is 1. The summed E-state index contributed by atoms with van der Waals surface area (Å²) in [4.78, 5) is 28.8. The summed E-state index contributed by atoms with van der Waals surface area (Å²) in [6.07, 6.45) is 1.98. The van der Waals surface area contributed by atoms with Gasteiger partial charge in [0.1, 0.15) is 11.6 Å². The van der Waals surface area contributed by atoms with E-state index in [1.807, 2.05) is 46.0 Å². The number of nitrogens with zero attached hydrogens (tertiary/aromatic N) is 4. The van der Waals surface area contributed by atoms with E-state index >= 15 is 0 Å². The third-order valence-electron chi connectivity index (χ3n) is 8.13. The van der Waals surface area contributed by atoms with Gasteiger partial charge in [-0.05, 0) is 47.0 Å². The maximum absolute atomic E-state index is 14.5. The van der Waals surface area contributed by atoms with Gasteiger partial charge in [0.15, 0.2) is 0 Å². The summed E-state index contributed by atoms with van der Waals surface area (Å²) in [5.41, 5.74) is 3.63. The molecule has 0 unspecified atom stereocenters. The van der Waals surface area contributed by atoms with Crippen LogP contribution in [-0.4, -0.2) is 46.5 Å². The molecule has 1 aliphatic rings. The molecule has 6 rings (SSSR count). The molecule has 1 aliphatic heterocycles. The molecule has 2 heterocycles.